The van der Waals surface area contributed by atoms with Crippen LogP contribution in [0.25, 0.3) is 0 Å². The molecule has 0 aromatic heterocycles. The van der Waals surface area contributed by atoms with E-state index in [1.165, 1.54) is 6.07 Å². The van der Waals surface area contributed by atoms with Crippen LogP contribution < -0.4 is 20.7 Å². The summed E-state index contributed by atoms with van der Waals surface area (Å²) in [7, 11) is 0. The van der Waals surface area contributed by atoms with Crippen LogP contribution >= 0.6 is 11.8 Å². The molecule has 7 aliphatic heterocycles. The molecule has 0 radical (unpaired) electrons. The molecule has 7 fully saturated rings. The fraction of sp³-hybridized carbons (Fsp3) is 0.795. The second kappa shape index (κ2) is 21.1. The molecule has 1 spiro atoms. The number of urea groups is 1. The number of nitrogens with one attached hydrogen (secondary N) is 3. The van der Waals surface area contributed by atoms with Gasteiger partial charge in [0.05, 0.1) is 58.3 Å². The first-order valence-corrected chi connectivity index (χ1v) is 24.2. The molecule has 1 aromatic rings. The summed E-state index contributed by atoms with van der Waals surface area (Å²) in [6.07, 6.45) is 0.438. The molecule has 7 heterocycles. The Morgan fingerprint density at radius 1 is 0.924 bits per heavy atom. The van der Waals surface area contributed by atoms with E-state index in [4.69, 9.17) is 47.7 Å². The van der Waals surface area contributed by atoms with E-state index in [0.29, 0.717) is 50.4 Å². The van der Waals surface area contributed by atoms with Gasteiger partial charge in [-0.2, -0.15) is 24.9 Å². The third kappa shape index (κ3) is 10.8. The van der Waals surface area contributed by atoms with Gasteiger partial charge in [-0.05, 0) is 63.0 Å². The Balaban J connectivity index is 0.708. The summed E-state index contributed by atoms with van der Waals surface area (Å²) in [6.45, 7) is 7.69. The zero-order chi connectivity index (χ0) is 46.5. The molecular weight excluding hydrogens is 896 g/mol. The molecule has 66 heavy (non-hydrogen) atoms. The van der Waals surface area contributed by atoms with Crippen molar-refractivity contribution in [2.24, 2.45) is 33.9 Å². The number of fused-ring (bicyclic) bond motifs is 3. The van der Waals surface area contributed by atoms with Crippen LogP contribution in [0, 0.1) is 23.7 Å². The lowest BCUT2D eigenvalue weighted by atomic mass is 9.58. The van der Waals surface area contributed by atoms with Gasteiger partial charge in [-0.15, -0.1) is 10.2 Å². The first kappa shape index (κ1) is 49.1. The SMILES string of the molecule is C[C@H]1[C@@H](OCCOC(=O)c2ccc(C3(C(F)(F)F)N=N3)cc2OCCOCCOCCOCCNC(=O)CCCC[C@@H]2SC[C@H]3NC(=O)N[C@H]23)O[C@@H]2O[C@@]3(C)CC[C@H]4[C@H](C)CC[C@@H]1[C@@]24OO3. The summed E-state index contributed by atoms with van der Waals surface area (Å²) in [4.78, 5) is 49.1. The number of unbranched alkanes of at least 4 members (excludes halogenated alkanes) is 1. The largest absolute Gasteiger partial charge is 0.490 e. The number of carbonyl (C=O) groups excluding carboxylic acids is 3. The van der Waals surface area contributed by atoms with E-state index >= 15 is 0 Å². The van der Waals surface area contributed by atoms with Gasteiger partial charge in [0.25, 0.3) is 0 Å². The van der Waals surface area contributed by atoms with Crippen LogP contribution in [0.4, 0.5) is 18.0 Å². The van der Waals surface area contributed by atoms with Gasteiger partial charge >= 0.3 is 23.8 Å². The van der Waals surface area contributed by atoms with E-state index in [1.807, 2.05) is 25.6 Å². The van der Waals surface area contributed by atoms with Crippen LogP contribution in [0.3, 0.4) is 0 Å². The van der Waals surface area contributed by atoms with Gasteiger partial charge < -0.3 is 53.8 Å². The fourth-order valence-electron chi connectivity index (χ4n) is 10.3. The first-order valence-electron chi connectivity index (χ1n) is 23.2. The number of thioether (sulfide) groups is 1. The summed E-state index contributed by atoms with van der Waals surface area (Å²) in [5, 5.41) is 15.7. The molecular formula is C44H62F3N5O13S. The Morgan fingerprint density at radius 3 is 2.44 bits per heavy atom. The Bertz CT molecular complexity index is 1900. The molecule has 22 heteroatoms. The molecule has 2 bridgehead atoms. The van der Waals surface area contributed by atoms with Gasteiger partial charge in [-0.1, -0.05) is 26.3 Å². The van der Waals surface area contributed by atoms with Gasteiger partial charge in [0.15, 0.2) is 18.2 Å². The number of ether oxygens (including phenoxy) is 8. The van der Waals surface area contributed by atoms with Gasteiger partial charge in [0, 0.05) is 47.8 Å². The lowest BCUT2D eigenvalue weighted by Gasteiger charge is -2.60. The fourth-order valence-corrected chi connectivity index (χ4v) is 11.8. The molecule has 18 nitrogen and oxygen atoms in total. The average molecular weight is 958 g/mol. The Morgan fingerprint density at radius 2 is 1.68 bits per heavy atom. The van der Waals surface area contributed by atoms with Crippen LogP contribution in [-0.4, -0.2) is 137 Å². The van der Waals surface area contributed by atoms with Crippen molar-refractivity contribution < 1.29 is 75.2 Å². The van der Waals surface area contributed by atoms with Gasteiger partial charge in [0.2, 0.25) is 11.7 Å². The van der Waals surface area contributed by atoms with E-state index in [9.17, 15) is 27.6 Å². The maximum absolute atomic E-state index is 13.9. The number of hydrogen-bond acceptors (Lipinski definition) is 16. The maximum atomic E-state index is 13.9. The summed E-state index contributed by atoms with van der Waals surface area (Å²) in [5.41, 5.74) is -3.86. The first-order chi connectivity index (χ1) is 31.7. The number of hydrogen-bond donors (Lipinski definition) is 3. The van der Waals surface area contributed by atoms with Crippen molar-refractivity contribution in [3.8, 4) is 5.75 Å². The third-order valence-corrected chi connectivity index (χ3v) is 15.4. The van der Waals surface area contributed by atoms with E-state index in [0.717, 1.165) is 56.4 Å². The summed E-state index contributed by atoms with van der Waals surface area (Å²) in [5.74, 6) is -0.448. The minimum absolute atomic E-state index is 0.0180. The number of esters is 1. The number of benzene rings is 1. The number of alkyl halides is 3. The topological polar surface area (TPSA) is 204 Å². The molecule has 9 rings (SSSR count). The number of halogens is 3. The minimum atomic E-state index is -4.78. The van der Waals surface area contributed by atoms with Crippen molar-refractivity contribution in [1.29, 1.82) is 0 Å². The average Bonchev–Trinajstić information content (AvgIpc) is 3.99. The quantitative estimate of drug-likeness (QED) is 0.0506. The predicted molar refractivity (Wildman–Crippen MR) is 227 cm³/mol. The highest BCUT2D eigenvalue weighted by Crippen LogP contribution is 2.60. The highest BCUT2D eigenvalue weighted by atomic mass is 32.2. The number of carbonyl (C=O) groups is 3. The molecule has 3 amide bonds. The maximum Gasteiger partial charge on any atom is 0.442 e. The van der Waals surface area contributed by atoms with Crippen LogP contribution in [0.5, 0.6) is 5.75 Å². The zero-order valence-corrected chi connectivity index (χ0v) is 38.4. The molecule has 1 saturated carbocycles. The minimum Gasteiger partial charge on any atom is -0.490 e. The number of nitrogens with zero attached hydrogens (tertiary/aromatic N) is 2. The molecule has 8 aliphatic rings. The summed E-state index contributed by atoms with van der Waals surface area (Å²) in [6, 6.07) is 3.70. The second-order valence-corrected chi connectivity index (χ2v) is 19.5. The predicted octanol–water partition coefficient (Wildman–Crippen LogP) is 5.52. The van der Waals surface area contributed by atoms with E-state index < -0.39 is 41.8 Å². The van der Waals surface area contributed by atoms with Crippen LogP contribution in [0.2, 0.25) is 0 Å². The van der Waals surface area contributed by atoms with Crippen molar-refractivity contribution in [2.75, 3.05) is 71.8 Å². The Kier molecular flexibility index (Phi) is 15.7. The van der Waals surface area contributed by atoms with Crippen LogP contribution in [0.1, 0.15) is 88.1 Å². The Hall–Kier alpha value is -3.35. The smallest absolute Gasteiger partial charge is 0.442 e. The van der Waals surface area contributed by atoms with Crippen molar-refractivity contribution in [3.05, 3.63) is 29.3 Å². The third-order valence-electron chi connectivity index (χ3n) is 13.9. The van der Waals surface area contributed by atoms with Gasteiger partial charge in [-0.3, -0.25) is 4.79 Å². The molecule has 1 aliphatic carbocycles. The number of rotatable bonds is 24. The second-order valence-electron chi connectivity index (χ2n) is 18.3. The highest BCUT2D eigenvalue weighted by molar-refractivity contribution is 8.00. The highest BCUT2D eigenvalue weighted by Gasteiger charge is 2.70. The zero-order valence-electron chi connectivity index (χ0n) is 37.6. The van der Waals surface area contributed by atoms with E-state index in [1.54, 1.807) is 0 Å². The lowest BCUT2D eigenvalue weighted by molar-refractivity contribution is -0.577. The lowest BCUT2D eigenvalue weighted by Crippen LogP contribution is -2.70. The Labute approximate surface area is 386 Å². The van der Waals surface area contributed by atoms with Gasteiger partial charge in [0.1, 0.15) is 24.5 Å². The van der Waals surface area contributed by atoms with Crippen molar-refractivity contribution >= 4 is 29.7 Å². The normalized spacial score (nSPS) is 33.6. The molecule has 1 aromatic carbocycles. The monoisotopic (exact) mass is 957 g/mol. The standard InChI is InChI=1S/C44H62F3N5O13S/c1-26-8-11-31-27(2)38(62-39-42(31)30(26)12-13-41(3,63-39)64-65-42)61-23-22-60-37(54)29-10-9-28(43(51-52-43)44(45,46)47)24-33(29)59-21-20-58-19-18-57-17-16-56-15-14-48-35(53)7-5-4-6-34-36-32(25-66-34)49-40(55)50-36/h9-10,24,26-27,30-32,34,36,38-39H,4-8,11-23,25H2,1-3H3,(H,48,53)(H2,49,50,55)/t26-,27-,30+,31+,32-,34+,36+,38+,39-,41-,42-/m1/s1. The molecule has 6 saturated heterocycles. The van der Waals surface area contributed by atoms with Crippen molar-refractivity contribution in [1.82, 2.24) is 16.0 Å². The summed E-state index contributed by atoms with van der Waals surface area (Å²) >= 11 is 1.87. The van der Waals surface area contributed by atoms with Gasteiger partial charge in [-0.25, -0.2) is 19.4 Å². The van der Waals surface area contributed by atoms with E-state index in [-0.39, 0.29) is 98.3 Å². The van der Waals surface area contributed by atoms with Crippen molar-refractivity contribution in [2.45, 2.75) is 125 Å². The van der Waals surface area contributed by atoms with Crippen LogP contribution in [0.15, 0.2) is 28.4 Å². The molecule has 0 unspecified atom stereocenters. The molecule has 368 valence electrons. The van der Waals surface area contributed by atoms with Crippen molar-refractivity contribution in [3.63, 3.8) is 0 Å². The molecule has 11 atom stereocenters. The summed E-state index contributed by atoms with van der Waals surface area (Å²) < 4.78 is 88.6. The van der Waals surface area contributed by atoms with Crippen LogP contribution in [-0.2, 0) is 53.4 Å². The number of amides is 3. The molecule has 3 N–H and O–H groups in total. The van der Waals surface area contributed by atoms with E-state index in [2.05, 4.69) is 33.1 Å².